The van der Waals surface area contributed by atoms with Gasteiger partial charge in [0.25, 0.3) is 5.91 Å². The number of fused-ring (bicyclic) bond motifs is 1. The van der Waals surface area contributed by atoms with Crippen molar-refractivity contribution in [2.45, 2.75) is 18.9 Å². The van der Waals surface area contributed by atoms with Crippen LogP contribution in [0.5, 0.6) is 5.88 Å². The van der Waals surface area contributed by atoms with Crippen LogP contribution < -0.4 is 4.74 Å². The molecule has 1 saturated carbocycles. The summed E-state index contributed by atoms with van der Waals surface area (Å²) in [4.78, 5) is 18.7. The fourth-order valence-electron chi connectivity index (χ4n) is 2.52. The molecule has 0 radical (unpaired) electrons. The van der Waals surface area contributed by atoms with Crippen molar-refractivity contribution >= 4 is 16.7 Å². The number of methoxy groups -OCH3 is 1. The number of benzene rings is 1. The molecular weight excluding hydrogens is 268 g/mol. The van der Waals surface area contributed by atoms with E-state index in [0.717, 1.165) is 23.6 Å². The lowest BCUT2D eigenvalue weighted by atomic mass is 10.1. The number of rotatable bonds is 5. The zero-order chi connectivity index (χ0) is 14.8. The first-order chi connectivity index (χ1) is 10.2. The van der Waals surface area contributed by atoms with Crippen LogP contribution in [-0.2, 0) is 0 Å². The van der Waals surface area contributed by atoms with E-state index in [0.29, 0.717) is 18.1 Å². The average Bonchev–Trinajstić information content (AvgIpc) is 3.35. The molecule has 1 aliphatic rings. The van der Waals surface area contributed by atoms with Crippen LogP contribution in [0, 0.1) is 0 Å². The molecule has 1 amide bonds. The molecule has 1 aromatic heterocycles. The van der Waals surface area contributed by atoms with Gasteiger partial charge >= 0.3 is 0 Å². The molecule has 0 saturated heterocycles. The molecule has 0 aliphatic heterocycles. The van der Waals surface area contributed by atoms with Gasteiger partial charge in [-0.2, -0.15) is 0 Å². The minimum atomic E-state index is -0.143. The summed E-state index contributed by atoms with van der Waals surface area (Å²) in [5.74, 6) is 0.312. The number of aliphatic hydroxyl groups excluding tert-OH is 1. The first-order valence-electron chi connectivity index (χ1n) is 7.10. The van der Waals surface area contributed by atoms with Crippen molar-refractivity contribution in [1.29, 1.82) is 0 Å². The van der Waals surface area contributed by atoms with Crippen LogP contribution >= 0.6 is 0 Å². The summed E-state index contributed by atoms with van der Waals surface area (Å²) in [5, 5.41) is 11.0. The molecule has 5 nitrogen and oxygen atoms in total. The normalized spacial score (nSPS) is 14.2. The number of carbonyl (C=O) groups excluding carboxylic acids is 1. The average molecular weight is 286 g/mol. The number of nitrogens with zero attached hydrogens (tertiary/aromatic N) is 2. The van der Waals surface area contributed by atoms with Crippen molar-refractivity contribution in [3.05, 3.63) is 36.0 Å². The maximum Gasteiger partial charge on any atom is 0.272 e. The van der Waals surface area contributed by atoms with Crippen LogP contribution in [-0.4, -0.2) is 47.2 Å². The molecule has 5 heteroatoms. The van der Waals surface area contributed by atoms with Crippen LogP contribution in [0.4, 0.5) is 0 Å². The lowest BCUT2D eigenvalue weighted by Crippen LogP contribution is -2.36. The second-order valence-corrected chi connectivity index (χ2v) is 5.19. The molecule has 1 heterocycles. The van der Waals surface area contributed by atoms with E-state index >= 15 is 0 Å². The summed E-state index contributed by atoms with van der Waals surface area (Å²) < 4.78 is 5.30. The Hall–Kier alpha value is -2.14. The van der Waals surface area contributed by atoms with E-state index < -0.39 is 0 Å². The fraction of sp³-hybridized carbons (Fsp3) is 0.375. The molecule has 21 heavy (non-hydrogen) atoms. The van der Waals surface area contributed by atoms with E-state index in [1.807, 2.05) is 24.3 Å². The van der Waals surface area contributed by atoms with Crippen molar-refractivity contribution in [2.24, 2.45) is 0 Å². The number of amides is 1. The maximum absolute atomic E-state index is 12.6. The summed E-state index contributed by atoms with van der Waals surface area (Å²) in [6.07, 6.45) is 1.99. The third kappa shape index (κ3) is 2.69. The summed E-state index contributed by atoms with van der Waals surface area (Å²) >= 11 is 0. The lowest BCUT2D eigenvalue weighted by molar-refractivity contribution is 0.0701. The topological polar surface area (TPSA) is 62.7 Å². The third-order valence-corrected chi connectivity index (χ3v) is 3.71. The van der Waals surface area contributed by atoms with Crippen molar-refractivity contribution in [3.8, 4) is 5.88 Å². The van der Waals surface area contributed by atoms with Crippen LogP contribution in [0.15, 0.2) is 30.3 Å². The first kappa shape index (κ1) is 13.8. The molecule has 1 aliphatic carbocycles. The Labute approximate surface area is 123 Å². The van der Waals surface area contributed by atoms with E-state index in [-0.39, 0.29) is 18.6 Å². The van der Waals surface area contributed by atoms with Crippen LogP contribution in [0.1, 0.15) is 23.3 Å². The summed E-state index contributed by atoms with van der Waals surface area (Å²) in [6.45, 7) is 0.313. The highest BCUT2D eigenvalue weighted by molar-refractivity contribution is 5.98. The molecule has 1 fully saturated rings. The molecule has 0 spiro atoms. The first-order valence-corrected chi connectivity index (χ1v) is 7.10. The number of ether oxygens (including phenoxy) is 1. The molecular formula is C16H18N2O3. The van der Waals surface area contributed by atoms with Gasteiger partial charge in [-0.25, -0.2) is 4.98 Å². The van der Waals surface area contributed by atoms with Crippen molar-refractivity contribution in [3.63, 3.8) is 0 Å². The van der Waals surface area contributed by atoms with Crippen LogP contribution in [0.2, 0.25) is 0 Å². The smallest absolute Gasteiger partial charge is 0.272 e. The van der Waals surface area contributed by atoms with E-state index in [2.05, 4.69) is 4.98 Å². The van der Waals surface area contributed by atoms with Crippen molar-refractivity contribution in [2.75, 3.05) is 20.3 Å². The molecule has 3 rings (SSSR count). The largest absolute Gasteiger partial charge is 0.481 e. The summed E-state index contributed by atoms with van der Waals surface area (Å²) in [5.41, 5.74) is 0.367. The van der Waals surface area contributed by atoms with Gasteiger partial charge in [-0.05, 0) is 30.4 Å². The Balaban J connectivity index is 2.01. The Bertz CT molecular complexity index is 668. The van der Waals surface area contributed by atoms with Crippen molar-refractivity contribution < 1.29 is 14.6 Å². The van der Waals surface area contributed by atoms with Gasteiger partial charge in [0, 0.05) is 18.0 Å². The zero-order valence-electron chi connectivity index (χ0n) is 12.0. The Morgan fingerprint density at radius 3 is 2.86 bits per heavy atom. The van der Waals surface area contributed by atoms with Gasteiger partial charge in [0.05, 0.1) is 13.7 Å². The highest BCUT2D eigenvalue weighted by Gasteiger charge is 2.33. The van der Waals surface area contributed by atoms with Gasteiger partial charge in [0.2, 0.25) is 5.88 Å². The van der Waals surface area contributed by atoms with Crippen molar-refractivity contribution in [1.82, 2.24) is 9.88 Å². The Morgan fingerprint density at radius 2 is 2.19 bits per heavy atom. The monoisotopic (exact) mass is 286 g/mol. The van der Waals surface area contributed by atoms with Gasteiger partial charge in [-0.15, -0.1) is 0 Å². The van der Waals surface area contributed by atoms with Crippen LogP contribution in [0.3, 0.4) is 0 Å². The number of hydrogen-bond acceptors (Lipinski definition) is 4. The van der Waals surface area contributed by atoms with Gasteiger partial charge in [0.15, 0.2) is 0 Å². The van der Waals surface area contributed by atoms with Crippen LogP contribution in [0.25, 0.3) is 10.8 Å². The van der Waals surface area contributed by atoms with E-state index in [1.54, 1.807) is 18.1 Å². The number of hydrogen-bond donors (Lipinski definition) is 1. The molecule has 0 atom stereocenters. The molecule has 110 valence electrons. The predicted molar refractivity (Wildman–Crippen MR) is 79.4 cm³/mol. The summed E-state index contributed by atoms with van der Waals surface area (Å²) in [6, 6.07) is 9.71. The molecule has 0 unspecified atom stereocenters. The van der Waals surface area contributed by atoms with E-state index in [1.165, 1.54) is 0 Å². The van der Waals surface area contributed by atoms with E-state index in [9.17, 15) is 4.79 Å². The van der Waals surface area contributed by atoms with Gasteiger partial charge in [-0.1, -0.05) is 18.2 Å². The molecule has 0 bridgehead atoms. The Kier molecular flexibility index (Phi) is 3.75. The third-order valence-electron chi connectivity index (χ3n) is 3.71. The second-order valence-electron chi connectivity index (χ2n) is 5.19. The summed E-state index contributed by atoms with van der Waals surface area (Å²) in [7, 11) is 1.55. The zero-order valence-corrected chi connectivity index (χ0v) is 12.0. The number of carbonyl (C=O) groups is 1. The molecule has 2 aromatic rings. The second kappa shape index (κ2) is 5.69. The lowest BCUT2D eigenvalue weighted by Gasteiger charge is -2.21. The van der Waals surface area contributed by atoms with Gasteiger partial charge in [-0.3, -0.25) is 4.79 Å². The highest BCUT2D eigenvalue weighted by Crippen LogP contribution is 2.29. The fourth-order valence-corrected chi connectivity index (χ4v) is 2.52. The Morgan fingerprint density at radius 1 is 1.43 bits per heavy atom. The highest BCUT2D eigenvalue weighted by atomic mass is 16.5. The van der Waals surface area contributed by atoms with E-state index in [4.69, 9.17) is 9.84 Å². The van der Waals surface area contributed by atoms with Gasteiger partial charge < -0.3 is 14.7 Å². The quantitative estimate of drug-likeness (QED) is 0.911. The number of aliphatic hydroxyl groups is 1. The predicted octanol–water partition coefficient (Wildman–Crippen LogP) is 1.84. The molecule has 1 N–H and O–H groups in total. The standard InChI is InChI=1S/C16H18N2O3/c1-21-15-13-5-3-2-4-11(13)10-14(17-15)16(20)18(8-9-19)12-6-7-12/h2-5,10,12,19H,6-9H2,1H3. The minimum Gasteiger partial charge on any atom is -0.481 e. The number of pyridine rings is 1. The minimum absolute atomic E-state index is 0.0348. The van der Waals surface area contributed by atoms with Gasteiger partial charge in [0.1, 0.15) is 5.69 Å². The molecule has 1 aromatic carbocycles. The SMILES string of the molecule is COc1nc(C(=O)N(CCO)C2CC2)cc2ccccc12. The maximum atomic E-state index is 12.6. The number of aromatic nitrogens is 1.